The highest BCUT2D eigenvalue weighted by molar-refractivity contribution is 5.98. The number of hydrogen-bond donors (Lipinski definition) is 1. The molecule has 0 fully saturated rings. The van der Waals surface area contributed by atoms with Gasteiger partial charge >= 0.3 is 11.9 Å². The second-order valence-corrected chi connectivity index (χ2v) is 5.09. The number of phenolic OH excluding ortho intramolecular Hbond substituents is 1. The van der Waals surface area contributed by atoms with Gasteiger partial charge in [-0.05, 0) is 31.5 Å². The van der Waals surface area contributed by atoms with Gasteiger partial charge in [-0.2, -0.15) is 0 Å². The van der Waals surface area contributed by atoms with E-state index in [-0.39, 0.29) is 42.4 Å². The van der Waals surface area contributed by atoms with Gasteiger partial charge < -0.3 is 19.3 Å². The zero-order valence-corrected chi connectivity index (χ0v) is 14.2. The van der Waals surface area contributed by atoms with Crippen LogP contribution in [0.25, 0.3) is 0 Å². The second-order valence-electron chi connectivity index (χ2n) is 5.09. The van der Waals surface area contributed by atoms with Gasteiger partial charge in [-0.3, -0.25) is 0 Å². The smallest absolute Gasteiger partial charge is 0.342 e. The van der Waals surface area contributed by atoms with E-state index in [1.807, 2.05) is 30.3 Å². The summed E-state index contributed by atoms with van der Waals surface area (Å²) in [6, 6.07) is 11.9. The lowest BCUT2D eigenvalue weighted by Gasteiger charge is -2.13. The van der Waals surface area contributed by atoms with Gasteiger partial charge in [-0.1, -0.05) is 30.3 Å². The average molecular weight is 344 g/mol. The molecular formula is C19H20O6. The molecule has 1 N–H and O–H groups in total. The number of rotatable bonds is 7. The van der Waals surface area contributed by atoms with Crippen molar-refractivity contribution in [3.05, 3.63) is 59.2 Å². The Kier molecular flexibility index (Phi) is 6.39. The predicted molar refractivity (Wildman–Crippen MR) is 90.8 cm³/mol. The first-order valence-electron chi connectivity index (χ1n) is 7.94. The molecule has 2 rings (SSSR count). The lowest BCUT2D eigenvalue weighted by molar-refractivity contribution is 0.0521. The van der Waals surface area contributed by atoms with Crippen LogP contribution in [-0.2, 0) is 16.1 Å². The van der Waals surface area contributed by atoms with E-state index in [0.29, 0.717) is 0 Å². The third kappa shape index (κ3) is 4.73. The number of hydrogen-bond acceptors (Lipinski definition) is 6. The zero-order valence-electron chi connectivity index (χ0n) is 14.2. The van der Waals surface area contributed by atoms with Crippen LogP contribution >= 0.6 is 0 Å². The molecule has 0 atom stereocenters. The third-order valence-electron chi connectivity index (χ3n) is 3.32. The molecule has 25 heavy (non-hydrogen) atoms. The Balaban J connectivity index is 2.35. The molecule has 0 bridgehead atoms. The van der Waals surface area contributed by atoms with Crippen LogP contribution in [0.2, 0.25) is 0 Å². The van der Waals surface area contributed by atoms with Crippen molar-refractivity contribution in [1.29, 1.82) is 0 Å². The highest BCUT2D eigenvalue weighted by Gasteiger charge is 2.21. The van der Waals surface area contributed by atoms with Crippen LogP contribution in [0, 0.1) is 0 Å². The van der Waals surface area contributed by atoms with Gasteiger partial charge in [0, 0.05) is 0 Å². The number of phenols is 1. The van der Waals surface area contributed by atoms with Crippen LogP contribution in [0.4, 0.5) is 0 Å². The lowest BCUT2D eigenvalue weighted by atomic mass is 10.1. The van der Waals surface area contributed by atoms with Crippen molar-refractivity contribution < 1.29 is 28.9 Å². The number of benzene rings is 2. The first-order chi connectivity index (χ1) is 12.1. The summed E-state index contributed by atoms with van der Waals surface area (Å²) in [6.07, 6.45) is 0. The highest BCUT2D eigenvalue weighted by Crippen LogP contribution is 2.33. The fourth-order valence-corrected chi connectivity index (χ4v) is 2.15. The fraction of sp³-hybridized carbons (Fsp3) is 0.263. The van der Waals surface area contributed by atoms with Gasteiger partial charge in [-0.15, -0.1) is 0 Å². The second kappa shape index (κ2) is 8.73. The molecule has 6 heteroatoms. The van der Waals surface area contributed by atoms with Gasteiger partial charge in [0.15, 0.2) is 11.5 Å². The molecule has 0 spiro atoms. The molecule has 0 heterocycles. The van der Waals surface area contributed by atoms with Crippen LogP contribution in [0.1, 0.15) is 40.1 Å². The molecule has 0 aliphatic heterocycles. The van der Waals surface area contributed by atoms with Gasteiger partial charge in [0.05, 0.1) is 18.8 Å². The monoisotopic (exact) mass is 344 g/mol. The summed E-state index contributed by atoms with van der Waals surface area (Å²) < 4.78 is 15.5. The Morgan fingerprint density at radius 2 is 1.60 bits per heavy atom. The molecule has 2 aromatic carbocycles. The maximum absolute atomic E-state index is 12.0. The molecular weight excluding hydrogens is 324 g/mol. The third-order valence-corrected chi connectivity index (χ3v) is 3.32. The van der Waals surface area contributed by atoms with E-state index in [2.05, 4.69) is 0 Å². The predicted octanol–water partition coefficient (Wildman–Crippen LogP) is 3.32. The molecule has 6 nitrogen and oxygen atoms in total. The highest BCUT2D eigenvalue weighted by atomic mass is 16.5. The number of carbonyl (C=O) groups is 2. The van der Waals surface area contributed by atoms with E-state index in [1.54, 1.807) is 13.8 Å². The van der Waals surface area contributed by atoms with Crippen molar-refractivity contribution in [2.75, 3.05) is 13.2 Å². The maximum Gasteiger partial charge on any atom is 0.342 e. The van der Waals surface area contributed by atoms with Crippen molar-refractivity contribution in [2.45, 2.75) is 20.5 Å². The number of ether oxygens (including phenoxy) is 3. The quantitative estimate of drug-likeness (QED) is 0.776. The molecule has 0 unspecified atom stereocenters. The van der Waals surface area contributed by atoms with Crippen molar-refractivity contribution >= 4 is 11.9 Å². The van der Waals surface area contributed by atoms with Crippen LogP contribution < -0.4 is 4.74 Å². The van der Waals surface area contributed by atoms with Crippen molar-refractivity contribution in [3.8, 4) is 11.5 Å². The summed E-state index contributed by atoms with van der Waals surface area (Å²) in [5, 5.41) is 10.3. The van der Waals surface area contributed by atoms with Gasteiger partial charge in [0.25, 0.3) is 0 Å². The number of carbonyl (C=O) groups excluding carboxylic acids is 2. The zero-order chi connectivity index (χ0) is 18.2. The summed E-state index contributed by atoms with van der Waals surface area (Å²) in [7, 11) is 0. The summed E-state index contributed by atoms with van der Waals surface area (Å²) >= 11 is 0. The van der Waals surface area contributed by atoms with E-state index in [4.69, 9.17) is 14.2 Å². The Hall–Kier alpha value is -3.02. The van der Waals surface area contributed by atoms with Crippen molar-refractivity contribution in [3.63, 3.8) is 0 Å². The lowest BCUT2D eigenvalue weighted by Crippen LogP contribution is -2.10. The summed E-state index contributed by atoms with van der Waals surface area (Å²) in [4.78, 5) is 24.0. The average Bonchev–Trinajstić information content (AvgIpc) is 2.62. The SMILES string of the molecule is CCOC(=O)c1cc(OCc2ccccc2)c(O)c(C(=O)OCC)c1. The first-order valence-corrected chi connectivity index (χ1v) is 7.94. The minimum absolute atomic E-state index is 0.0115. The molecule has 0 aliphatic carbocycles. The number of aromatic hydroxyl groups is 1. The van der Waals surface area contributed by atoms with Crippen LogP contribution in [0.3, 0.4) is 0 Å². The molecule has 2 aromatic rings. The van der Waals surface area contributed by atoms with E-state index >= 15 is 0 Å². The Bertz CT molecular complexity index is 739. The Labute approximate surface area is 146 Å². The topological polar surface area (TPSA) is 82.1 Å². The minimum atomic E-state index is -0.740. The molecule has 0 radical (unpaired) electrons. The first kappa shape index (κ1) is 18.3. The van der Waals surface area contributed by atoms with Crippen LogP contribution in [-0.4, -0.2) is 30.3 Å². The van der Waals surface area contributed by atoms with Crippen molar-refractivity contribution in [1.82, 2.24) is 0 Å². The van der Waals surface area contributed by atoms with E-state index in [9.17, 15) is 14.7 Å². The Morgan fingerprint density at radius 1 is 0.960 bits per heavy atom. The maximum atomic E-state index is 12.0. The van der Waals surface area contributed by atoms with E-state index in [0.717, 1.165) is 5.56 Å². The normalized spacial score (nSPS) is 10.2. The van der Waals surface area contributed by atoms with E-state index < -0.39 is 11.9 Å². The van der Waals surface area contributed by atoms with Gasteiger partial charge in [0.2, 0.25) is 0 Å². The molecule has 132 valence electrons. The summed E-state index contributed by atoms with van der Waals surface area (Å²) in [6.45, 7) is 3.83. The summed E-state index contributed by atoms with van der Waals surface area (Å²) in [5.41, 5.74) is 0.836. The summed E-state index contributed by atoms with van der Waals surface area (Å²) in [5.74, 6) is -1.71. The van der Waals surface area contributed by atoms with Crippen LogP contribution in [0.15, 0.2) is 42.5 Å². The number of esters is 2. The molecule has 0 saturated heterocycles. The van der Waals surface area contributed by atoms with E-state index in [1.165, 1.54) is 12.1 Å². The molecule has 0 aliphatic rings. The Morgan fingerprint density at radius 3 is 2.24 bits per heavy atom. The van der Waals surface area contributed by atoms with Gasteiger partial charge in [-0.25, -0.2) is 9.59 Å². The standard InChI is InChI=1S/C19H20O6/c1-3-23-18(21)14-10-15(19(22)24-4-2)17(20)16(11-14)25-12-13-8-6-5-7-9-13/h5-11,20H,3-4,12H2,1-2H3. The van der Waals surface area contributed by atoms with Crippen LogP contribution in [0.5, 0.6) is 11.5 Å². The molecule has 0 aromatic heterocycles. The van der Waals surface area contributed by atoms with Crippen molar-refractivity contribution in [2.24, 2.45) is 0 Å². The molecule has 0 saturated carbocycles. The minimum Gasteiger partial charge on any atom is -0.504 e. The molecule has 0 amide bonds. The largest absolute Gasteiger partial charge is 0.504 e. The fourth-order valence-electron chi connectivity index (χ4n) is 2.15. The van der Waals surface area contributed by atoms with Gasteiger partial charge in [0.1, 0.15) is 12.2 Å².